The maximum Gasteiger partial charge on any atom is 0.408 e. The van der Waals surface area contributed by atoms with Crippen LogP contribution in [0, 0.1) is 0 Å². The van der Waals surface area contributed by atoms with Gasteiger partial charge in [0.25, 0.3) is 5.95 Å². The largest absolute Gasteiger partial charge is 0.496 e. The fourth-order valence-electron chi connectivity index (χ4n) is 2.93. The lowest BCUT2D eigenvalue weighted by Crippen LogP contribution is -2.46. The molecule has 9 nitrogen and oxygen atoms in total. The summed E-state index contributed by atoms with van der Waals surface area (Å²) in [5.74, 6) is 1.17. The van der Waals surface area contributed by atoms with Crippen molar-refractivity contribution in [2.75, 3.05) is 24.4 Å². The first kappa shape index (κ1) is 23.9. The number of aromatic nitrogens is 3. The molecule has 0 aliphatic heterocycles. The lowest BCUT2D eigenvalue weighted by atomic mass is 10.1. The van der Waals surface area contributed by atoms with Crippen molar-refractivity contribution >= 4 is 46.0 Å². The molecule has 2 amide bonds. The Hall–Kier alpha value is -2.79. The monoisotopic (exact) mass is 477 g/mol. The number of thioether (sulfide) groups is 1. The number of thiazole rings is 1. The molecule has 32 heavy (non-hydrogen) atoms. The Kier molecular flexibility index (Phi) is 7.62. The van der Waals surface area contributed by atoms with E-state index in [0.29, 0.717) is 22.9 Å². The highest BCUT2D eigenvalue weighted by atomic mass is 32.2. The van der Waals surface area contributed by atoms with E-state index in [1.807, 2.05) is 35.9 Å². The van der Waals surface area contributed by atoms with E-state index in [0.717, 1.165) is 11.3 Å². The second-order valence-corrected chi connectivity index (χ2v) is 9.74. The van der Waals surface area contributed by atoms with Crippen LogP contribution < -0.4 is 15.4 Å². The van der Waals surface area contributed by atoms with Gasteiger partial charge in [0.2, 0.25) is 10.9 Å². The number of nitrogens with one attached hydrogen (secondary N) is 2. The van der Waals surface area contributed by atoms with Gasteiger partial charge in [-0.1, -0.05) is 12.1 Å². The molecule has 1 aromatic carbocycles. The van der Waals surface area contributed by atoms with Crippen molar-refractivity contribution < 1.29 is 19.1 Å². The number of hydrogen-bond donors (Lipinski definition) is 2. The molecule has 0 saturated carbocycles. The zero-order valence-corrected chi connectivity index (χ0v) is 20.3. The summed E-state index contributed by atoms with van der Waals surface area (Å²) in [6, 6.07) is 6.85. The van der Waals surface area contributed by atoms with Crippen LogP contribution >= 0.6 is 23.1 Å². The summed E-state index contributed by atoms with van der Waals surface area (Å²) in [5.41, 5.74) is 1.02. The predicted molar refractivity (Wildman–Crippen MR) is 128 cm³/mol. The SMILES string of the molecule is COc1ccccc1-c1csc2nc(NC(=O)C(CCSC)NC(=O)OC(C)(C)C)nn12. The van der Waals surface area contributed by atoms with Gasteiger partial charge < -0.3 is 14.8 Å². The fraction of sp³-hybridized carbons (Fsp3) is 0.429. The Morgan fingerprint density at radius 3 is 2.72 bits per heavy atom. The van der Waals surface area contributed by atoms with Gasteiger partial charge in [-0.15, -0.1) is 16.4 Å². The topological polar surface area (TPSA) is 107 Å². The maximum atomic E-state index is 12.9. The third-order valence-corrected chi connectivity index (χ3v) is 5.78. The Balaban J connectivity index is 1.78. The summed E-state index contributed by atoms with van der Waals surface area (Å²) < 4.78 is 12.4. The normalized spacial score (nSPS) is 12.4. The number of carbonyl (C=O) groups excluding carboxylic acids is 2. The molecule has 0 radical (unpaired) electrons. The molecule has 3 aromatic rings. The van der Waals surface area contributed by atoms with Gasteiger partial charge >= 0.3 is 6.09 Å². The molecule has 2 heterocycles. The van der Waals surface area contributed by atoms with Crippen LogP contribution in [0.2, 0.25) is 0 Å². The number of amides is 2. The van der Waals surface area contributed by atoms with Crippen molar-refractivity contribution in [3.63, 3.8) is 0 Å². The molecule has 0 spiro atoms. The number of ether oxygens (including phenoxy) is 2. The van der Waals surface area contributed by atoms with Gasteiger partial charge in [0.05, 0.1) is 12.8 Å². The van der Waals surface area contributed by atoms with Gasteiger partial charge in [0, 0.05) is 10.9 Å². The number of anilines is 1. The van der Waals surface area contributed by atoms with Crippen molar-refractivity contribution in [3.05, 3.63) is 29.6 Å². The van der Waals surface area contributed by atoms with Crippen LogP contribution in [0.3, 0.4) is 0 Å². The second kappa shape index (κ2) is 10.2. The highest BCUT2D eigenvalue weighted by Gasteiger charge is 2.25. The van der Waals surface area contributed by atoms with E-state index in [1.165, 1.54) is 11.3 Å². The minimum Gasteiger partial charge on any atom is -0.496 e. The van der Waals surface area contributed by atoms with Crippen molar-refractivity contribution in [3.8, 4) is 17.0 Å². The smallest absolute Gasteiger partial charge is 0.408 e. The lowest BCUT2D eigenvalue weighted by molar-refractivity contribution is -0.118. The van der Waals surface area contributed by atoms with Crippen LogP contribution in [0.1, 0.15) is 27.2 Å². The summed E-state index contributed by atoms with van der Waals surface area (Å²) in [7, 11) is 1.61. The number of nitrogens with zero attached hydrogens (tertiary/aromatic N) is 3. The Bertz CT molecular complexity index is 1090. The van der Waals surface area contributed by atoms with E-state index in [2.05, 4.69) is 20.7 Å². The molecule has 2 aromatic heterocycles. The number of para-hydroxylation sites is 1. The maximum absolute atomic E-state index is 12.9. The minimum atomic E-state index is -0.771. The van der Waals surface area contributed by atoms with Crippen LogP contribution in [0.5, 0.6) is 5.75 Å². The van der Waals surface area contributed by atoms with Crippen molar-refractivity contribution in [1.82, 2.24) is 19.9 Å². The Morgan fingerprint density at radius 2 is 2.03 bits per heavy atom. The van der Waals surface area contributed by atoms with E-state index in [1.54, 1.807) is 44.2 Å². The number of carbonyl (C=O) groups is 2. The molecule has 3 rings (SSSR count). The molecule has 0 fully saturated rings. The van der Waals surface area contributed by atoms with Crippen LogP contribution in [-0.2, 0) is 9.53 Å². The third-order valence-electron chi connectivity index (χ3n) is 4.32. The fourth-order valence-corrected chi connectivity index (χ4v) is 4.22. The first-order chi connectivity index (χ1) is 15.2. The Morgan fingerprint density at radius 1 is 1.28 bits per heavy atom. The summed E-state index contributed by atoms with van der Waals surface area (Å²) in [6.07, 6.45) is 1.74. The molecule has 0 aliphatic rings. The predicted octanol–water partition coefficient (Wildman–Crippen LogP) is 4.05. The van der Waals surface area contributed by atoms with Crippen LogP contribution in [0.15, 0.2) is 29.6 Å². The van der Waals surface area contributed by atoms with Crippen LogP contribution in [0.25, 0.3) is 16.2 Å². The summed E-state index contributed by atoms with van der Waals surface area (Å²) in [4.78, 5) is 30.1. The second-order valence-electron chi connectivity index (χ2n) is 7.92. The van der Waals surface area contributed by atoms with Gasteiger partial charge in [-0.2, -0.15) is 16.7 Å². The molecule has 1 unspecified atom stereocenters. The zero-order chi connectivity index (χ0) is 23.3. The zero-order valence-electron chi connectivity index (χ0n) is 18.7. The van der Waals surface area contributed by atoms with Crippen molar-refractivity contribution in [2.45, 2.75) is 38.8 Å². The highest BCUT2D eigenvalue weighted by molar-refractivity contribution is 7.98. The average Bonchev–Trinajstić information content (AvgIpc) is 3.29. The number of methoxy groups -OCH3 is 1. The molecule has 0 saturated heterocycles. The number of rotatable bonds is 8. The summed E-state index contributed by atoms with van der Waals surface area (Å²) in [6.45, 7) is 5.31. The summed E-state index contributed by atoms with van der Waals surface area (Å²) in [5, 5.41) is 11.7. The molecule has 0 aliphatic carbocycles. The number of fused-ring (bicyclic) bond motifs is 1. The van der Waals surface area contributed by atoms with Crippen LogP contribution in [-0.4, -0.2) is 57.4 Å². The van der Waals surface area contributed by atoms with E-state index < -0.39 is 23.6 Å². The van der Waals surface area contributed by atoms with Gasteiger partial charge in [-0.05, 0) is 51.3 Å². The third kappa shape index (κ3) is 5.92. The number of alkyl carbamates (subject to hydrolysis) is 1. The molecule has 1 atom stereocenters. The molecular formula is C21H27N5O4S2. The molecule has 2 N–H and O–H groups in total. The van der Waals surface area contributed by atoms with E-state index in [-0.39, 0.29) is 5.95 Å². The molecule has 172 valence electrons. The Labute approximate surface area is 194 Å². The van der Waals surface area contributed by atoms with E-state index in [4.69, 9.17) is 9.47 Å². The van der Waals surface area contributed by atoms with Gasteiger partial charge in [0.1, 0.15) is 17.4 Å². The first-order valence-corrected chi connectivity index (χ1v) is 12.3. The van der Waals surface area contributed by atoms with E-state index in [9.17, 15) is 9.59 Å². The molecule has 11 heteroatoms. The molecule has 0 bridgehead atoms. The quantitative estimate of drug-likeness (QED) is 0.504. The minimum absolute atomic E-state index is 0.165. The number of benzene rings is 1. The van der Waals surface area contributed by atoms with Gasteiger partial charge in [-0.25, -0.2) is 9.31 Å². The number of hydrogen-bond acceptors (Lipinski definition) is 8. The standard InChI is InChI=1S/C21H27N5O4S2/c1-21(2,3)30-20(28)22-14(10-11-31-5)17(27)23-18-24-19-26(25-18)15(12-32-19)13-8-6-7-9-16(13)29-4/h6-9,12,14H,10-11H2,1-5H3,(H,22,28)(H,23,25,27). The van der Waals surface area contributed by atoms with Gasteiger partial charge in [-0.3, -0.25) is 10.1 Å². The lowest BCUT2D eigenvalue weighted by Gasteiger charge is -2.22. The highest BCUT2D eigenvalue weighted by Crippen LogP contribution is 2.32. The van der Waals surface area contributed by atoms with Crippen molar-refractivity contribution in [1.29, 1.82) is 0 Å². The van der Waals surface area contributed by atoms with Gasteiger partial charge in [0.15, 0.2) is 0 Å². The first-order valence-electron chi connectivity index (χ1n) is 9.99. The summed E-state index contributed by atoms with van der Waals surface area (Å²) >= 11 is 2.99. The van der Waals surface area contributed by atoms with Crippen LogP contribution in [0.4, 0.5) is 10.7 Å². The van der Waals surface area contributed by atoms with E-state index >= 15 is 0 Å². The average molecular weight is 478 g/mol. The van der Waals surface area contributed by atoms with Crippen molar-refractivity contribution in [2.24, 2.45) is 0 Å². The molecular weight excluding hydrogens is 450 g/mol.